The highest BCUT2D eigenvalue weighted by Crippen LogP contribution is 2.36. The van der Waals surface area contributed by atoms with Gasteiger partial charge in [0, 0.05) is 19.6 Å². The fraction of sp³-hybridized carbons (Fsp3) is 0.857. The van der Waals surface area contributed by atoms with E-state index in [9.17, 15) is 0 Å². The van der Waals surface area contributed by atoms with E-state index in [0.717, 1.165) is 31.7 Å². The van der Waals surface area contributed by atoms with E-state index in [4.69, 9.17) is 11.2 Å². The molecule has 2 atom stereocenters. The summed E-state index contributed by atoms with van der Waals surface area (Å²) in [5, 5.41) is 3.61. The van der Waals surface area contributed by atoms with Gasteiger partial charge >= 0.3 is 0 Å². The Morgan fingerprint density at radius 1 is 1.50 bits per heavy atom. The van der Waals surface area contributed by atoms with Crippen LogP contribution in [0.3, 0.4) is 0 Å². The summed E-state index contributed by atoms with van der Waals surface area (Å²) in [4.78, 5) is 0. The molecule has 2 unspecified atom stereocenters. The number of nitrogens with one attached hydrogen (secondary N) is 1. The van der Waals surface area contributed by atoms with Gasteiger partial charge in [-0.25, -0.2) is 0 Å². The van der Waals surface area contributed by atoms with Gasteiger partial charge in [-0.3, -0.25) is 0 Å². The Morgan fingerprint density at radius 2 is 2.25 bits per heavy atom. The number of hydrogen-bond acceptors (Lipinski definition) is 2. The van der Waals surface area contributed by atoms with Crippen LogP contribution in [0.4, 0.5) is 0 Å². The van der Waals surface area contributed by atoms with Gasteiger partial charge in [0.2, 0.25) is 0 Å². The number of methoxy groups -OCH3 is 1. The fourth-order valence-corrected chi connectivity index (χ4v) is 2.25. The molecule has 0 heterocycles. The number of terminal acetylenes is 1. The Balaban J connectivity index is 2.37. The van der Waals surface area contributed by atoms with Crippen molar-refractivity contribution in [1.82, 2.24) is 5.32 Å². The molecule has 0 aromatic carbocycles. The molecule has 1 rings (SSSR count). The van der Waals surface area contributed by atoms with Crippen LogP contribution < -0.4 is 5.32 Å². The first-order chi connectivity index (χ1) is 7.83. The topological polar surface area (TPSA) is 21.3 Å². The van der Waals surface area contributed by atoms with Gasteiger partial charge in [0.15, 0.2) is 0 Å². The highest BCUT2D eigenvalue weighted by molar-refractivity contribution is 4.91. The van der Waals surface area contributed by atoms with Crippen molar-refractivity contribution in [2.45, 2.75) is 57.6 Å². The van der Waals surface area contributed by atoms with Crippen LogP contribution in [0.1, 0.15) is 45.4 Å². The van der Waals surface area contributed by atoms with E-state index < -0.39 is 0 Å². The maximum absolute atomic E-state index is 5.65. The predicted molar refractivity (Wildman–Crippen MR) is 68.3 cm³/mol. The van der Waals surface area contributed by atoms with Crippen LogP contribution in [0.25, 0.3) is 0 Å². The molecule has 1 fully saturated rings. The third kappa shape index (κ3) is 4.55. The van der Waals surface area contributed by atoms with E-state index in [1.165, 1.54) is 19.3 Å². The minimum absolute atomic E-state index is 0.393. The minimum atomic E-state index is 0.393. The summed E-state index contributed by atoms with van der Waals surface area (Å²) in [6.45, 7) is 3.28. The summed E-state index contributed by atoms with van der Waals surface area (Å²) in [7, 11) is 1.84. The Morgan fingerprint density at radius 3 is 2.75 bits per heavy atom. The lowest BCUT2D eigenvalue weighted by molar-refractivity contribution is 0.0479. The Kier molecular flexibility index (Phi) is 6.52. The van der Waals surface area contributed by atoms with Crippen LogP contribution in [0.2, 0.25) is 0 Å². The van der Waals surface area contributed by atoms with Crippen LogP contribution in [0.5, 0.6) is 0 Å². The van der Waals surface area contributed by atoms with Crippen molar-refractivity contribution in [2.24, 2.45) is 5.92 Å². The van der Waals surface area contributed by atoms with E-state index in [2.05, 4.69) is 18.2 Å². The summed E-state index contributed by atoms with van der Waals surface area (Å²) in [6.07, 6.45) is 12.6. The molecule has 0 aliphatic heterocycles. The highest BCUT2D eigenvalue weighted by Gasteiger charge is 2.36. The summed E-state index contributed by atoms with van der Waals surface area (Å²) >= 11 is 0. The van der Waals surface area contributed by atoms with Crippen molar-refractivity contribution >= 4 is 0 Å². The first-order valence-electron chi connectivity index (χ1n) is 6.53. The van der Waals surface area contributed by atoms with E-state index in [-0.39, 0.29) is 0 Å². The van der Waals surface area contributed by atoms with Gasteiger partial charge in [0.1, 0.15) is 0 Å². The summed E-state index contributed by atoms with van der Waals surface area (Å²) < 4.78 is 5.65. The first kappa shape index (κ1) is 13.5. The molecule has 1 saturated carbocycles. The molecule has 2 heteroatoms. The molecular weight excluding hydrogens is 198 g/mol. The Labute approximate surface area is 100 Å². The maximum Gasteiger partial charge on any atom is 0.0752 e. The molecule has 0 aromatic heterocycles. The van der Waals surface area contributed by atoms with Gasteiger partial charge in [0.25, 0.3) is 0 Å². The van der Waals surface area contributed by atoms with Crippen LogP contribution in [-0.4, -0.2) is 25.8 Å². The van der Waals surface area contributed by atoms with Gasteiger partial charge in [-0.05, 0) is 44.6 Å². The molecule has 0 aromatic rings. The monoisotopic (exact) mass is 223 g/mol. The van der Waals surface area contributed by atoms with E-state index >= 15 is 0 Å². The molecule has 0 radical (unpaired) electrons. The van der Waals surface area contributed by atoms with Crippen molar-refractivity contribution in [2.75, 3.05) is 13.7 Å². The van der Waals surface area contributed by atoms with Gasteiger partial charge in [-0.1, -0.05) is 6.92 Å². The highest BCUT2D eigenvalue weighted by atomic mass is 16.5. The second kappa shape index (κ2) is 7.70. The number of rotatable bonds is 9. The van der Waals surface area contributed by atoms with Crippen LogP contribution in [0, 0.1) is 18.3 Å². The molecule has 2 nitrogen and oxygen atoms in total. The Hall–Kier alpha value is -0.520. The van der Waals surface area contributed by atoms with Gasteiger partial charge < -0.3 is 10.1 Å². The van der Waals surface area contributed by atoms with Crippen molar-refractivity contribution < 1.29 is 4.74 Å². The van der Waals surface area contributed by atoms with Gasteiger partial charge in [-0.15, -0.1) is 12.3 Å². The average Bonchev–Trinajstić information content (AvgIpc) is 3.10. The molecule has 0 spiro atoms. The molecule has 0 bridgehead atoms. The number of unbranched alkanes of at least 4 members (excludes halogenated alkanes) is 1. The summed E-state index contributed by atoms with van der Waals surface area (Å²) in [5.74, 6) is 3.49. The molecule has 0 amide bonds. The molecule has 92 valence electrons. The zero-order valence-electron chi connectivity index (χ0n) is 10.7. The molecule has 0 saturated heterocycles. The third-order valence-electron chi connectivity index (χ3n) is 3.25. The normalized spacial score (nSPS) is 19.1. The zero-order chi connectivity index (χ0) is 11.8. The molecule has 1 aliphatic carbocycles. The smallest absolute Gasteiger partial charge is 0.0752 e. The summed E-state index contributed by atoms with van der Waals surface area (Å²) in [5.41, 5.74) is 0. The number of hydrogen-bond donors (Lipinski definition) is 1. The zero-order valence-corrected chi connectivity index (χ0v) is 10.7. The molecule has 1 aliphatic rings. The first-order valence-corrected chi connectivity index (χ1v) is 6.53. The van der Waals surface area contributed by atoms with Crippen LogP contribution in [-0.2, 0) is 4.74 Å². The second-order valence-corrected chi connectivity index (χ2v) is 4.69. The minimum Gasteiger partial charge on any atom is -0.380 e. The fourth-order valence-electron chi connectivity index (χ4n) is 2.25. The van der Waals surface area contributed by atoms with Crippen molar-refractivity contribution in [1.29, 1.82) is 0 Å². The molecule has 1 N–H and O–H groups in total. The van der Waals surface area contributed by atoms with Crippen LogP contribution >= 0.6 is 0 Å². The second-order valence-electron chi connectivity index (χ2n) is 4.69. The van der Waals surface area contributed by atoms with Crippen LogP contribution in [0.15, 0.2) is 0 Å². The van der Waals surface area contributed by atoms with Crippen molar-refractivity contribution in [3.63, 3.8) is 0 Å². The largest absolute Gasteiger partial charge is 0.380 e. The number of ether oxygens (including phenoxy) is 1. The van der Waals surface area contributed by atoms with Gasteiger partial charge in [-0.2, -0.15) is 0 Å². The predicted octanol–water partition coefficient (Wildman–Crippen LogP) is 2.58. The maximum atomic E-state index is 5.65. The molecule has 16 heavy (non-hydrogen) atoms. The Bertz CT molecular complexity index is 217. The summed E-state index contributed by atoms with van der Waals surface area (Å²) in [6, 6.07) is 0.491. The van der Waals surface area contributed by atoms with E-state index in [1.807, 2.05) is 7.11 Å². The SMILES string of the molecule is C#CCCCC(NCCC)C(OC)C1CC1. The van der Waals surface area contributed by atoms with Gasteiger partial charge in [0.05, 0.1) is 6.10 Å². The van der Waals surface area contributed by atoms with E-state index in [0.29, 0.717) is 12.1 Å². The molecular formula is C14H25NO. The van der Waals surface area contributed by atoms with Crippen molar-refractivity contribution in [3.05, 3.63) is 0 Å². The standard InChI is InChI=1S/C14H25NO/c1-4-6-7-8-13(15-11-5-2)14(16-3)12-9-10-12/h1,12-15H,5-11H2,2-3H3. The lowest BCUT2D eigenvalue weighted by Crippen LogP contribution is -2.42. The van der Waals surface area contributed by atoms with E-state index in [1.54, 1.807) is 0 Å². The lowest BCUT2D eigenvalue weighted by atomic mass is 10.00. The third-order valence-corrected chi connectivity index (χ3v) is 3.25. The quantitative estimate of drug-likeness (QED) is 0.479. The van der Waals surface area contributed by atoms with Crippen molar-refractivity contribution in [3.8, 4) is 12.3 Å². The average molecular weight is 223 g/mol. The lowest BCUT2D eigenvalue weighted by Gasteiger charge is -2.27.